The van der Waals surface area contributed by atoms with Crippen LogP contribution >= 0.6 is 0 Å². The zero-order valence-electron chi connectivity index (χ0n) is 25.3. The molecule has 0 atom stereocenters. The molecule has 11 heteroatoms. The van der Waals surface area contributed by atoms with Crippen molar-refractivity contribution in [3.63, 3.8) is 0 Å². The number of hydrogen-bond donors (Lipinski definition) is 1. The maximum Gasteiger partial charge on any atom is 0.410 e. The minimum atomic E-state index is -0.484. The van der Waals surface area contributed by atoms with Crippen LogP contribution in [0.15, 0.2) is 42.9 Å². The summed E-state index contributed by atoms with van der Waals surface area (Å²) in [5.74, 6) is 2.46. The van der Waals surface area contributed by atoms with Crippen LogP contribution in [0, 0.1) is 5.92 Å². The number of amides is 1. The van der Waals surface area contributed by atoms with Gasteiger partial charge in [0, 0.05) is 56.6 Å². The molecule has 1 aliphatic carbocycles. The number of rotatable bonds is 9. The first kappa shape index (κ1) is 28.9. The molecule has 1 amide bonds. The van der Waals surface area contributed by atoms with Gasteiger partial charge in [-0.1, -0.05) is 6.07 Å². The molecule has 0 bridgehead atoms. The Hall–Kier alpha value is -4.25. The maximum absolute atomic E-state index is 12.4. The Morgan fingerprint density at radius 2 is 1.86 bits per heavy atom. The molecule has 1 aliphatic heterocycles. The highest BCUT2D eigenvalue weighted by Gasteiger charge is 2.26. The standard InChI is InChI=1S/C32H39N7O4/c1-32(2,3)43-31(40)39-13-11-38(12-14-39)18-22-9-10-33-24(15-22)17-27-36-25-8-7-23(16-26(25)37-27)28-29(41-4)30(35-20-34-28)42-19-21-5-6-21/h7-10,15-16,20-21H,5-6,11-14,17-19H2,1-4H3,(H,36,37). The zero-order valence-corrected chi connectivity index (χ0v) is 25.3. The monoisotopic (exact) mass is 585 g/mol. The van der Waals surface area contributed by atoms with E-state index in [2.05, 4.69) is 30.9 Å². The highest BCUT2D eigenvalue weighted by atomic mass is 16.6. The molecule has 1 N–H and O–H groups in total. The van der Waals surface area contributed by atoms with Crippen molar-refractivity contribution >= 4 is 17.1 Å². The van der Waals surface area contributed by atoms with Crippen LogP contribution in [0.3, 0.4) is 0 Å². The van der Waals surface area contributed by atoms with Crippen molar-refractivity contribution in [2.24, 2.45) is 5.92 Å². The highest BCUT2D eigenvalue weighted by Crippen LogP contribution is 2.37. The Labute approximate surface area is 251 Å². The van der Waals surface area contributed by atoms with Crippen molar-refractivity contribution in [3.8, 4) is 22.9 Å². The number of nitrogens with zero attached hydrogens (tertiary/aromatic N) is 6. The maximum atomic E-state index is 12.4. The van der Waals surface area contributed by atoms with Gasteiger partial charge >= 0.3 is 6.09 Å². The normalized spacial score (nSPS) is 16.0. The zero-order chi connectivity index (χ0) is 30.0. The van der Waals surface area contributed by atoms with Gasteiger partial charge in [-0.05, 0) is 69.4 Å². The van der Waals surface area contributed by atoms with Gasteiger partial charge in [0.05, 0.1) is 24.8 Å². The van der Waals surface area contributed by atoms with Gasteiger partial charge in [0.2, 0.25) is 5.75 Å². The lowest BCUT2D eigenvalue weighted by molar-refractivity contribution is 0.0139. The van der Waals surface area contributed by atoms with E-state index in [9.17, 15) is 4.79 Å². The van der Waals surface area contributed by atoms with Gasteiger partial charge < -0.3 is 24.1 Å². The first-order valence-electron chi connectivity index (χ1n) is 14.9. The van der Waals surface area contributed by atoms with E-state index >= 15 is 0 Å². The largest absolute Gasteiger partial charge is 0.490 e. The molecular formula is C32H39N7O4. The lowest BCUT2D eigenvalue weighted by atomic mass is 10.1. The summed E-state index contributed by atoms with van der Waals surface area (Å²) in [6, 6.07) is 10.2. The molecule has 0 radical (unpaired) electrons. The Balaban J connectivity index is 1.10. The minimum absolute atomic E-state index is 0.241. The van der Waals surface area contributed by atoms with E-state index in [0.29, 0.717) is 49.4 Å². The number of nitrogens with one attached hydrogen (secondary N) is 1. The molecule has 2 fully saturated rings. The smallest absolute Gasteiger partial charge is 0.410 e. The van der Waals surface area contributed by atoms with Crippen molar-refractivity contribution in [3.05, 3.63) is 59.9 Å². The third-order valence-corrected chi connectivity index (χ3v) is 7.59. The predicted octanol–water partition coefficient (Wildman–Crippen LogP) is 4.86. The number of aromatic amines is 1. The fraction of sp³-hybridized carbons (Fsp3) is 0.469. The van der Waals surface area contributed by atoms with Crippen LogP contribution in [-0.2, 0) is 17.7 Å². The van der Waals surface area contributed by atoms with E-state index in [1.807, 2.05) is 51.2 Å². The average molecular weight is 586 g/mol. The molecule has 1 saturated carbocycles. The Bertz CT molecular complexity index is 1590. The summed E-state index contributed by atoms with van der Waals surface area (Å²) in [5.41, 5.74) is 5.00. The number of piperazine rings is 1. The second kappa shape index (κ2) is 12.2. The van der Waals surface area contributed by atoms with E-state index in [1.165, 1.54) is 24.7 Å². The fourth-order valence-electron chi connectivity index (χ4n) is 5.19. The van der Waals surface area contributed by atoms with Crippen molar-refractivity contribution in [2.75, 3.05) is 39.9 Å². The summed E-state index contributed by atoms with van der Waals surface area (Å²) in [6.45, 7) is 10.0. The van der Waals surface area contributed by atoms with Crippen molar-refractivity contribution in [2.45, 2.75) is 52.2 Å². The number of fused-ring (bicyclic) bond motifs is 1. The number of methoxy groups -OCH3 is 1. The summed E-state index contributed by atoms with van der Waals surface area (Å²) in [7, 11) is 1.62. The van der Waals surface area contributed by atoms with E-state index in [1.54, 1.807) is 12.0 Å². The summed E-state index contributed by atoms with van der Waals surface area (Å²) < 4.78 is 17.1. The number of aromatic nitrogens is 5. The molecule has 1 saturated heterocycles. The number of hydrogen-bond acceptors (Lipinski definition) is 9. The molecule has 43 heavy (non-hydrogen) atoms. The third kappa shape index (κ3) is 7.22. The van der Waals surface area contributed by atoms with E-state index in [0.717, 1.165) is 47.7 Å². The number of imidazole rings is 1. The highest BCUT2D eigenvalue weighted by molar-refractivity contribution is 5.83. The van der Waals surface area contributed by atoms with Crippen molar-refractivity contribution in [1.29, 1.82) is 0 Å². The number of H-pyrrole nitrogens is 1. The lowest BCUT2D eigenvalue weighted by Gasteiger charge is -2.35. The van der Waals surface area contributed by atoms with Crippen LogP contribution in [0.25, 0.3) is 22.3 Å². The van der Waals surface area contributed by atoms with Crippen LogP contribution < -0.4 is 9.47 Å². The second-order valence-corrected chi connectivity index (χ2v) is 12.3. The van der Waals surface area contributed by atoms with Crippen LogP contribution in [0.4, 0.5) is 4.79 Å². The van der Waals surface area contributed by atoms with E-state index in [4.69, 9.17) is 19.2 Å². The number of carbonyl (C=O) groups is 1. The first-order chi connectivity index (χ1) is 20.7. The molecular weight excluding hydrogens is 546 g/mol. The van der Waals surface area contributed by atoms with Gasteiger partial charge in [0.15, 0.2) is 0 Å². The fourth-order valence-corrected chi connectivity index (χ4v) is 5.19. The van der Waals surface area contributed by atoms with Gasteiger partial charge in [-0.25, -0.2) is 14.8 Å². The Kier molecular flexibility index (Phi) is 8.16. The molecule has 11 nitrogen and oxygen atoms in total. The van der Waals surface area contributed by atoms with Crippen molar-refractivity contribution in [1.82, 2.24) is 34.7 Å². The topological polar surface area (TPSA) is 119 Å². The molecule has 2 aliphatic rings. The minimum Gasteiger partial charge on any atom is -0.490 e. The molecule has 226 valence electrons. The van der Waals surface area contributed by atoms with Crippen LogP contribution in [-0.4, -0.2) is 86.3 Å². The third-order valence-electron chi connectivity index (χ3n) is 7.59. The number of benzene rings is 1. The van der Waals surface area contributed by atoms with Gasteiger partial charge in [0.1, 0.15) is 23.4 Å². The number of pyridine rings is 1. The molecule has 3 aromatic heterocycles. The van der Waals surface area contributed by atoms with Crippen molar-refractivity contribution < 1.29 is 19.0 Å². The predicted molar refractivity (Wildman–Crippen MR) is 162 cm³/mol. The molecule has 6 rings (SSSR count). The van der Waals surface area contributed by atoms with E-state index < -0.39 is 5.60 Å². The van der Waals surface area contributed by atoms with Gasteiger partial charge in [0.25, 0.3) is 5.88 Å². The SMILES string of the molecule is COc1c(OCC2CC2)ncnc1-c1ccc2nc(Cc3cc(CN4CCN(C(=O)OC(C)(C)C)CC4)ccn3)[nH]c2c1. The Morgan fingerprint density at radius 3 is 2.60 bits per heavy atom. The molecule has 4 heterocycles. The second-order valence-electron chi connectivity index (χ2n) is 12.3. The van der Waals surface area contributed by atoms with Crippen LogP contribution in [0.5, 0.6) is 11.6 Å². The molecule has 1 aromatic carbocycles. The average Bonchev–Trinajstić information content (AvgIpc) is 3.73. The van der Waals surface area contributed by atoms with Gasteiger partial charge in [-0.3, -0.25) is 9.88 Å². The summed E-state index contributed by atoms with van der Waals surface area (Å²) in [4.78, 5) is 38.2. The Morgan fingerprint density at radius 1 is 1.05 bits per heavy atom. The molecule has 0 unspecified atom stereocenters. The lowest BCUT2D eigenvalue weighted by Crippen LogP contribution is -2.49. The molecule has 4 aromatic rings. The molecule has 0 spiro atoms. The van der Waals surface area contributed by atoms with Gasteiger partial charge in [-0.15, -0.1) is 0 Å². The summed E-state index contributed by atoms with van der Waals surface area (Å²) in [5, 5.41) is 0. The van der Waals surface area contributed by atoms with E-state index in [-0.39, 0.29) is 6.09 Å². The number of ether oxygens (including phenoxy) is 3. The summed E-state index contributed by atoms with van der Waals surface area (Å²) >= 11 is 0. The summed E-state index contributed by atoms with van der Waals surface area (Å²) in [6.07, 6.45) is 6.12. The van der Waals surface area contributed by atoms with Gasteiger partial charge in [-0.2, -0.15) is 4.98 Å². The van der Waals surface area contributed by atoms with Crippen LogP contribution in [0.1, 0.15) is 50.7 Å². The first-order valence-corrected chi connectivity index (χ1v) is 14.9. The quantitative estimate of drug-likeness (QED) is 0.294. The number of carbonyl (C=O) groups excluding carboxylic acids is 1. The van der Waals surface area contributed by atoms with Crippen LogP contribution in [0.2, 0.25) is 0 Å².